The predicted molar refractivity (Wildman–Crippen MR) is 119 cm³/mol. The van der Waals surface area contributed by atoms with Gasteiger partial charge in [0, 0.05) is 13.2 Å². The van der Waals surface area contributed by atoms with Crippen LogP contribution in [-0.4, -0.2) is 51.5 Å². The highest BCUT2D eigenvalue weighted by molar-refractivity contribution is 7.13. The zero-order valence-corrected chi connectivity index (χ0v) is 18.7. The molecule has 160 valence electrons. The molecule has 0 N–H and O–H groups in total. The summed E-state index contributed by atoms with van der Waals surface area (Å²) in [5.41, 5.74) is 5.18. The van der Waals surface area contributed by atoms with Crippen LogP contribution >= 0.6 is 11.5 Å². The van der Waals surface area contributed by atoms with Crippen LogP contribution in [-0.2, 0) is 15.9 Å². The fourth-order valence-electron chi connectivity index (χ4n) is 4.44. The second-order valence-corrected chi connectivity index (χ2v) is 9.03. The molecule has 3 aromatic rings. The molecule has 0 bridgehead atoms. The van der Waals surface area contributed by atoms with E-state index in [-0.39, 0.29) is 6.23 Å². The van der Waals surface area contributed by atoms with Gasteiger partial charge in [0.25, 0.3) is 0 Å². The Hall–Kier alpha value is -2.03. The summed E-state index contributed by atoms with van der Waals surface area (Å²) >= 11 is 1.54. The summed E-state index contributed by atoms with van der Waals surface area (Å²) in [4.78, 5) is 7.48. The van der Waals surface area contributed by atoms with E-state index in [2.05, 4.69) is 30.9 Å². The van der Waals surface area contributed by atoms with E-state index in [1.807, 2.05) is 11.6 Å². The van der Waals surface area contributed by atoms with Crippen LogP contribution < -0.4 is 4.90 Å². The summed E-state index contributed by atoms with van der Waals surface area (Å²) in [7, 11) is 0. The third kappa shape index (κ3) is 3.50. The van der Waals surface area contributed by atoms with Gasteiger partial charge in [-0.1, -0.05) is 6.92 Å². The molecule has 3 aromatic heterocycles. The molecule has 1 unspecified atom stereocenters. The van der Waals surface area contributed by atoms with Crippen LogP contribution in [0.4, 0.5) is 5.82 Å². The normalized spacial score (nSPS) is 22.7. The predicted octanol–water partition coefficient (Wildman–Crippen LogP) is 4.35. The number of aromatic nitrogens is 4. The summed E-state index contributed by atoms with van der Waals surface area (Å²) in [6, 6.07) is 4.66. The fourth-order valence-corrected chi connectivity index (χ4v) is 5.35. The molecule has 2 atom stereocenters. The first-order chi connectivity index (χ1) is 14.7. The van der Waals surface area contributed by atoms with Crippen LogP contribution in [0.25, 0.3) is 21.6 Å². The number of hydrogen-bond donors (Lipinski definition) is 0. The first-order valence-corrected chi connectivity index (χ1v) is 11.7. The Labute approximate surface area is 181 Å². The average molecular weight is 428 g/mol. The Bertz CT molecular complexity index is 1040. The number of fused-ring (bicyclic) bond motifs is 1. The fraction of sp³-hybridized carbons (Fsp3) is 0.591. The van der Waals surface area contributed by atoms with Crippen molar-refractivity contribution in [2.45, 2.75) is 58.7 Å². The summed E-state index contributed by atoms with van der Waals surface area (Å²) in [5.74, 6) is 1.02. The summed E-state index contributed by atoms with van der Waals surface area (Å²) < 4.78 is 19.7. The molecular weight excluding hydrogens is 398 g/mol. The van der Waals surface area contributed by atoms with Gasteiger partial charge in [0.2, 0.25) is 0 Å². The second kappa shape index (κ2) is 8.24. The van der Waals surface area contributed by atoms with Crippen LogP contribution in [0.2, 0.25) is 0 Å². The lowest BCUT2D eigenvalue weighted by molar-refractivity contribution is -0.0385. The Morgan fingerprint density at radius 1 is 1.23 bits per heavy atom. The summed E-state index contributed by atoms with van der Waals surface area (Å²) in [6.45, 7) is 9.56. The number of morpholine rings is 1. The first kappa shape index (κ1) is 19.9. The summed E-state index contributed by atoms with van der Waals surface area (Å²) in [5, 5.41) is 4.77. The molecule has 30 heavy (non-hydrogen) atoms. The lowest BCUT2D eigenvalue weighted by atomic mass is 10.1. The standard InChI is InChI=1S/C22H29N5O2S/c1-4-16-12-18(26-8-10-28-13-15(26)3)23-21-20(25-30-22(16)21)17-11-14(2)24-27(17)19-7-5-6-9-29-19/h11-12,15,19H,4-10,13H2,1-3H3/t15-,19?/m1/s1. The van der Waals surface area contributed by atoms with Gasteiger partial charge in [0.15, 0.2) is 6.23 Å². The molecule has 2 aliphatic rings. The number of ether oxygens (including phenoxy) is 2. The molecule has 5 heterocycles. The zero-order valence-electron chi connectivity index (χ0n) is 17.9. The van der Waals surface area contributed by atoms with Gasteiger partial charge in [-0.15, -0.1) is 0 Å². The highest BCUT2D eigenvalue weighted by Gasteiger charge is 2.26. The maximum Gasteiger partial charge on any atom is 0.150 e. The number of anilines is 1. The maximum atomic E-state index is 6.04. The first-order valence-electron chi connectivity index (χ1n) is 11.0. The lowest BCUT2D eigenvalue weighted by Crippen LogP contribution is -2.44. The van der Waals surface area contributed by atoms with Gasteiger partial charge in [-0.25, -0.2) is 9.67 Å². The number of pyridine rings is 1. The highest BCUT2D eigenvalue weighted by atomic mass is 32.1. The third-order valence-corrected chi connectivity index (χ3v) is 6.97. The van der Waals surface area contributed by atoms with Crippen LogP contribution in [0.1, 0.15) is 50.6 Å². The van der Waals surface area contributed by atoms with Gasteiger partial charge in [0.05, 0.1) is 35.3 Å². The monoisotopic (exact) mass is 427 g/mol. The van der Waals surface area contributed by atoms with Crippen molar-refractivity contribution in [2.75, 3.05) is 31.3 Å². The largest absolute Gasteiger partial charge is 0.377 e. The molecule has 0 radical (unpaired) electrons. The van der Waals surface area contributed by atoms with E-state index < -0.39 is 0 Å². The molecule has 0 amide bonds. The molecule has 5 rings (SSSR count). The van der Waals surface area contributed by atoms with Gasteiger partial charge < -0.3 is 14.4 Å². The topological polar surface area (TPSA) is 65.3 Å². The van der Waals surface area contributed by atoms with Gasteiger partial charge in [-0.05, 0) is 68.8 Å². The number of hydrogen-bond acceptors (Lipinski definition) is 7. The van der Waals surface area contributed by atoms with E-state index >= 15 is 0 Å². The Kier molecular flexibility index (Phi) is 5.47. The van der Waals surface area contributed by atoms with Gasteiger partial charge in [-0.3, -0.25) is 0 Å². The quantitative estimate of drug-likeness (QED) is 0.617. The van der Waals surface area contributed by atoms with Crippen molar-refractivity contribution in [2.24, 2.45) is 0 Å². The van der Waals surface area contributed by atoms with E-state index in [4.69, 9.17) is 23.9 Å². The van der Waals surface area contributed by atoms with Gasteiger partial charge >= 0.3 is 0 Å². The van der Waals surface area contributed by atoms with Crippen molar-refractivity contribution < 1.29 is 9.47 Å². The molecule has 0 aromatic carbocycles. The molecule has 8 heteroatoms. The van der Waals surface area contributed by atoms with Crippen LogP contribution in [0.3, 0.4) is 0 Å². The van der Waals surface area contributed by atoms with Crippen molar-refractivity contribution in [1.29, 1.82) is 0 Å². The minimum atomic E-state index is -0.0210. The average Bonchev–Trinajstić information content (AvgIpc) is 3.37. The molecule has 2 saturated heterocycles. The van der Waals surface area contributed by atoms with E-state index in [0.29, 0.717) is 6.04 Å². The Balaban J connectivity index is 1.63. The van der Waals surface area contributed by atoms with E-state index in [1.165, 1.54) is 10.3 Å². The van der Waals surface area contributed by atoms with Gasteiger partial charge in [-0.2, -0.15) is 9.47 Å². The van der Waals surface area contributed by atoms with E-state index in [9.17, 15) is 0 Å². The number of aryl methyl sites for hydroxylation is 2. The van der Waals surface area contributed by atoms with Crippen molar-refractivity contribution in [3.63, 3.8) is 0 Å². The van der Waals surface area contributed by atoms with E-state index in [0.717, 1.165) is 80.5 Å². The lowest BCUT2D eigenvalue weighted by Gasteiger charge is -2.34. The smallest absolute Gasteiger partial charge is 0.150 e. The van der Waals surface area contributed by atoms with E-state index in [1.54, 1.807) is 11.5 Å². The Morgan fingerprint density at radius 2 is 2.13 bits per heavy atom. The molecular formula is C22H29N5O2S. The highest BCUT2D eigenvalue weighted by Crippen LogP contribution is 2.37. The molecule has 2 fully saturated rings. The summed E-state index contributed by atoms with van der Waals surface area (Å²) in [6.07, 6.45) is 4.20. The molecule has 0 saturated carbocycles. The third-order valence-electron chi connectivity index (χ3n) is 6.06. The molecule has 2 aliphatic heterocycles. The Morgan fingerprint density at radius 3 is 2.90 bits per heavy atom. The van der Waals surface area contributed by atoms with Crippen molar-refractivity contribution in [3.05, 3.63) is 23.4 Å². The number of rotatable bonds is 4. The maximum absolute atomic E-state index is 6.04. The van der Waals surface area contributed by atoms with Crippen molar-refractivity contribution in [1.82, 2.24) is 19.1 Å². The molecule has 0 aliphatic carbocycles. The number of nitrogens with zero attached hydrogens (tertiary/aromatic N) is 5. The van der Waals surface area contributed by atoms with Crippen molar-refractivity contribution >= 4 is 27.6 Å². The van der Waals surface area contributed by atoms with Crippen molar-refractivity contribution in [3.8, 4) is 11.4 Å². The zero-order chi connectivity index (χ0) is 20.7. The minimum Gasteiger partial charge on any atom is -0.377 e. The minimum absolute atomic E-state index is 0.0210. The molecule has 0 spiro atoms. The second-order valence-electron chi connectivity index (χ2n) is 8.26. The van der Waals surface area contributed by atoms with Crippen LogP contribution in [0.5, 0.6) is 0 Å². The molecule has 7 nitrogen and oxygen atoms in total. The SMILES string of the molecule is CCc1cc(N2CCOC[C@H]2C)nc2c(-c3cc(C)nn3C3CCCCO3)nsc12. The van der Waals surface area contributed by atoms with Crippen LogP contribution in [0, 0.1) is 6.92 Å². The van der Waals surface area contributed by atoms with Gasteiger partial charge in [0.1, 0.15) is 17.0 Å². The van der Waals surface area contributed by atoms with Crippen LogP contribution in [0.15, 0.2) is 12.1 Å².